The maximum absolute atomic E-state index is 11.7. The third-order valence-corrected chi connectivity index (χ3v) is 3.90. The molecule has 0 aliphatic heterocycles. The summed E-state index contributed by atoms with van der Waals surface area (Å²) < 4.78 is 0.722. The van der Waals surface area contributed by atoms with Crippen molar-refractivity contribution in [2.24, 2.45) is 0 Å². The number of amides is 1. The molecule has 2 aromatic rings. The molecule has 19 heavy (non-hydrogen) atoms. The molecule has 0 aliphatic rings. The van der Waals surface area contributed by atoms with Crippen LogP contribution in [0, 0.1) is 6.92 Å². The molecule has 0 radical (unpaired) electrons. The Hall–Kier alpha value is -1.58. The van der Waals surface area contributed by atoms with E-state index in [0.717, 1.165) is 14.8 Å². The van der Waals surface area contributed by atoms with Crippen LogP contribution >= 0.6 is 22.9 Å². The second-order valence-electron chi connectivity index (χ2n) is 4.12. The third kappa shape index (κ3) is 4.23. The molecule has 2 rings (SSSR count). The molecule has 0 atom stereocenters. The predicted octanol–water partition coefficient (Wildman–Crippen LogP) is 4.04. The molecular formula is C15H14ClNOS. The number of rotatable bonds is 4. The van der Waals surface area contributed by atoms with E-state index in [0.29, 0.717) is 6.54 Å². The average molecular weight is 292 g/mol. The fourth-order valence-electron chi connectivity index (χ4n) is 1.63. The van der Waals surface area contributed by atoms with E-state index in [1.807, 2.05) is 43.3 Å². The van der Waals surface area contributed by atoms with Gasteiger partial charge in [-0.2, -0.15) is 0 Å². The summed E-state index contributed by atoms with van der Waals surface area (Å²) >= 11 is 7.26. The van der Waals surface area contributed by atoms with Crippen LogP contribution < -0.4 is 5.32 Å². The third-order valence-electron chi connectivity index (χ3n) is 2.71. The highest BCUT2D eigenvalue weighted by atomic mass is 35.5. The van der Waals surface area contributed by atoms with Crippen molar-refractivity contribution in [2.75, 3.05) is 0 Å². The van der Waals surface area contributed by atoms with Crippen LogP contribution in [0.5, 0.6) is 0 Å². The fourth-order valence-corrected chi connectivity index (χ4v) is 2.59. The molecule has 98 valence electrons. The van der Waals surface area contributed by atoms with Gasteiger partial charge in [0.1, 0.15) is 0 Å². The number of halogens is 1. The highest BCUT2D eigenvalue weighted by molar-refractivity contribution is 7.17. The second kappa shape index (κ2) is 6.55. The molecule has 1 N–H and O–H groups in total. The van der Waals surface area contributed by atoms with E-state index >= 15 is 0 Å². The average Bonchev–Trinajstić information content (AvgIpc) is 2.81. The summed E-state index contributed by atoms with van der Waals surface area (Å²) in [4.78, 5) is 12.7. The van der Waals surface area contributed by atoms with Crippen molar-refractivity contribution >= 4 is 34.9 Å². The first-order chi connectivity index (χ1) is 9.15. The van der Waals surface area contributed by atoms with Gasteiger partial charge < -0.3 is 5.32 Å². The van der Waals surface area contributed by atoms with Gasteiger partial charge in [-0.1, -0.05) is 35.9 Å². The van der Waals surface area contributed by atoms with E-state index < -0.39 is 0 Å². The number of thiophene rings is 1. The molecule has 0 fully saturated rings. The van der Waals surface area contributed by atoms with Gasteiger partial charge in [0, 0.05) is 17.5 Å². The Kier molecular flexibility index (Phi) is 4.77. The van der Waals surface area contributed by atoms with Gasteiger partial charge >= 0.3 is 0 Å². The molecule has 2 nitrogen and oxygen atoms in total. The lowest BCUT2D eigenvalue weighted by Crippen LogP contribution is -2.20. The van der Waals surface area contributed by atoms with Crippen LogP contribution in [-0.2, 0) is 11.3 Å². The summed E-state index contributed by atoms with van der Waals surface area (Å²) in [5.74, 6) is -0.104. The minimum Gasteiger partial charge on any atom is -0.348 e. The minimum atomic E-state index is -0.104. The highest BCUT2D eigenvalue weighted by Crippen LogP contribution is 2.22. The lowest BCUT2D eigenvalue weighted by atomic mass is 10.1. The Bertz CT molecular complexity index is 604. The van der Waals surface area contributed by atoms with Gasteiger partial charge in [0.25, 0.3) is 0 Å². The Morgan fingerprint density at radius 2 is 2.11 bits per heavy atom. The molecule has 0 bridgehead atoms. The van der Waals surface area contributed by atoms with Crippen LogP contribution in [0.4, 0.5) is 0 Å². The Morgan fingerprint density at radius 3 is 2.79 bits per heavy atom. The van der Waals surface area contributed by atoms with Gasteiger partial charge in [0.2, 0.25) is 5.91 Å². The highest BCUT2D eigenvalue weighted by Gasteiger charge is 2.00. The van der Waals surface area contributed by atoms with Crippen molar-refractivity contribution in [1.29, 1.82) is 0 Å². The van der Waals surface area contributed by atoms with Crippen LogP contribution in [0.3, 0.4) is 0 Å². The summed E-state index contributed by atoms with van der Waals surface area (Å²) in [7, 11) is 0. The summed E-state index contributed by atoms with van der Waals surface area (Å²) in [6.45, 7) is 2.58. The van der Waals surface area contributed by atoms with Crippen LogP contribution in [0.1, 0.15) is 16.0 Å². The zero-order valence-electron chi connectivity index (χ0n) is 10.5. The standard InChI is InChI=1S/C15H14ClNOS/c1-11-4-2-3-5-12(11)10-17-15(18)9-7-13-6-8-14(16)19-13/h2-9H,10H2,1H3,(H,17,18)/b9-7+. The van der Waals surface area contributed by atoms with Gasteiger partial charge in [-0.05, 0) is 36.3 Å². The zero-order valence-corrected chi connectivity index (χ0v) is 12.1. The van der Waals surface area contributed by atoms with Gasteiger partial charge in [-0.3, -0.25) is 4.79 Å². The van der Waals surface area contributed by atoms with Crippen molar-refractivity contribution < 1.29 is 4.79 Å². The maximum atomic E-state index is 11.7. The van der Waals surface area contributed by atoms with E-state index in [2.05, 4.69) is 5.32 Å². The van der Waals surface area contributed by atoms with E-state index in [1.165, 1.54) is 23.0 Å². The summed E-state index contributed by atoms with van der Waals surface area (Å²) in [5, 5.41) is 2.86. The van der Waals surface area contributed by atoms with Gasteiger partial charge in [0.05, 0.1) is 4.34 Å². The molecule has 4 heteroatoms. The summed E-state index contributed by atoms with van der Waals surface area (Å²) in [5.41, 5.74) is 2.31. The largest absolute Gasteiger partial charge is 0.348 e. The fraction of sp³-hybridized carbons (Fsp3) is 0.133. The van der Waals surface area contributed by atoms with Crippen molar-refractivity contribution in [2.45, 2.75) is 13.5 Å². The number of nitrogens with one attached hydrogen (secondary N) is 1. The lowest BCUT2D eigenvalue weighted by Gasteiger charge is -2.05. The number of carbonyl (C=O) groups excluding carboxylic acids is 1. The van der Waals surface area contributed by atoms with Gasteiger partial charge in [-0.25, -0.2) is 0 Å². The lowest BCUT2D eigenvalue weighted by molar-refractivity contribution is -0.116. The van der Waals surface area contributed by atoms with Crippen molar-refractivity contribution in [3.8, 4) is 0 Å². The van der Waals surface area contributed by atoms with Crippen LogP contribution in [0.25, 0.3) is 6.08 Å². The van der Waals surface area contributed by atoms with E-state index in [9.17, 15) is 4.79 Å². The first kappa shape index (κ1) is 13.8. The van der Waals surface area contributed by atoms with Crippen molar-refractivity contribution in [3.63, 3.8) is 0 Å². The molecule has 1 aromatic carbocycles. The van der Waals surface area contributed by atoms with E-state index in [1.54, 1.807) is 6.08 Å². The zero-order chi connectivity index (χ0) is 13.7. The molecule has 0 saturated heterocycles. The number of hydrogen-bond acceptors (Lipinski definition) is 2. The molecule has 1 aromatic heterocycles. The van der Waals surface area contributed by atoms with E-state index in [4.69, 9.17) is 11.6 Å². The van der Waals surface area contributed by atoms with Crippen LogP contribution in [0.15, 0.2) is 42.5 Å². The van der Waals surface area contributed by atoms with Gasteiger partial charge in [0.15, 0.2) is 0 Å². The normalized spacial score (nSPS) is 10.8. The number of hydrogen-bond donors (Lipinski definition) is 1. The number of benzene rings is 1. The maximum Gasteiger partial charge on any atom is 0.244 e. The molecule has 1 heterocycles. The molecule has 0 spiro atoms. The number of carbonyl (C=O) groups is 1. The Balaban J connectivity index is 1.88. The SMILES string of the molecule is Cc1ccccc1CNC(=O)/C=C/c1ccc(Cl)s1. The molecule has 0 unspecified atom stereocenters. The molecular weight excluding hydrogens is 278 g/mol. The van der Waals surface area contributed by atoms with Gasteiger partial charge in [-0.15, -0.1) is 11.3 Å². The number of aryl methyl sites for hydroxylation is 1. The first-order valence-corrected chi connectivity index (χ1v) is 7.10. The molecule has 0 aliphatic carbocycles. The minimum absolute atomic E-state index is 0.104. The summed E-state index contributed by atoms with van der Waals surface area (Å²) in [6.07, 6.45) is 3.30. The summed E-state index contributed by atoms with van der Waals surface area (Å²) in [6, 6.07) is 11.7. The van der Waals surface area contributed by atoms with Crippen molar-refractivity contribution in [3.05, 3.63) is 62.8 Å². The molecule has 1 amide bonds. The monoisotopic (exact) mass is 291 g/mol. The van der Waals surface area contributed by atoms with Crippen LogP contribution in [-0.4, -0.2) is 5.91 Å². The predicted molar refractivity (Wildman–Crippen MR) is 81.4 cm³/mol. The van der Waals surface area contributed by atoms with E-state index in [-0.39, 0.29) is 5.91 Å². The quantitative estimate of drug-likeness (QED) is 0.846. The first-order valence-electron chi connectivity index (χ1n) is 5.91. The Morgan fingerprint density at radius 1 is 1.32 bits per heavy atom. The topological polar surface area (TPSA) is 29.1 Å². The smallest absolute Gasteiger partial charge is 0.244 e. The Labute approximate surface area is 121 Å². The van der Waals surface area contributed by atoms with Crippen molar-refractivity contribution in [1.82, 2.24) is 5.32 Å². The molecule has 0 saturated carbocycles. The second-order valence-corrected chi connectivity index (χ2v) is 5.87. The van der Waals surface area contributed by atoms with Crippen LogP contribution in [0.2, 0.25) is 4.34 Å².